The molecule has 0 spiro atoms. The Labute approximate surface area is 189 Å². The molecule has 1 aromatic rings. The second-order valence-corrected chi connectivity index (χ2v) is 8.58. The van der Waals surface area contributed by atoms with Gasteiger partial charge in [0.1, 0.15) is 6.04 Å². The predicted molar refractivity (Wildman–Crippen MR) is 111 cm³/mol. The molecule has 7 nitrogen and oxygen atoms in total. The van der Waals surface area contributed by atoms with Gasteiger partial charge in [0.25, 0.3) is 5.91 Å². The smallest absolute Gasteiger partial charge is 0.416 e. The minimum atomic E-state index is -4.57. The van der Waals surface area contributed by atoms with Crippen LogP contribution in [0, 0.1) is 17.8 Å². The Bertz CT molecular complexity index is 947. The molecule has 1 aromatic carbocycles. The number of allylic oxidation sites excluding steroid dienone is 2. The maximum Gasteiger partial charge on any atom is 0.416 e. The van der Waals surface area contributed by atoms with Gasteiger partial charge in [-0.2, -0.15) is 13.2 Å². The first-order chi connectivity index (χ1) is 15.5. The van der Waals surface area contributed by atoms with Gasteiger partial charge in [-0.1, -0.05) is 32.1 Å². The zero-order chi connectivity index (χ0) is 24.3. The summed E-state index contributed by atoms with van der Waals surface area (Å²) in [4.78, 5) is 51.6. The van der Waals surface area contributed by atoms with Gasteiger partial charge < -0.3 is 10.1 Å². The SMILES string of the molecule is CC(C)C[C@H](C(=O)OCC(=O)Nc1cccc(C(F)(F)F)c1)N1C(=O)[C@H]2CC=CC[C@@H]2C1=O. The second kappa shape index (κ2) is 9.76. The van der Waals surface area contributed by atoms with E-state index in [1.165, 1.54) is 6.07 Å². The molecule has 1 fully saturated rings. The van der Waals surface area contributed by atoms with Crippen molar-refractivity contribution in [3.8, 4) is 0 Å². The molecule has 1 aliphatic carbocycles. The number of anilines is 1. The van der Waals surface area contributed by atoms with Crippen LogP contribution in [0.3, 0.4) is 0 Å². The fourth-order valence-corrected chi connectivity index (χ4v) is 4.09. The van der Waals surface area contributed by atoms with E-state index in [1.54, 1.807) is 0 Å². The van der Waals surface area contributed by atoms with Crippen LogP contribution in [0.15, 0.2) is 36.4 Å². The summed E-state index contributed by atoms with van der Waals surface area (Å²) >= 11 is 0. The topological polar surface area (TPSA) is 92.8 Å². The molecule has 3 atom stereocenters. The summed E-state index contributed by atoms with van der Waals surface area (Å²) in [5.74, 6) is -3.67. The Hall–Kier alpha value is -3.17. The van der Waals surface area contributed by atoms with Crippen LogP contribution < -0.4 is 5.32 Å². The molecular weight excluding hydrogens is 441 g/mol. The highest BCUT2D eigenvalue weighted by molar-refractivity contribution is 6.08. The normalized spacial score (nSPS) is 21.2. The van der Waals surface area contributed by atoms with Gasteiger partial charge in [0, 0.05) is 5.69 Å². The van der Waals surface area contributed by atoms with E-state index in [4.69, 9.17) is 4.74 Å². The van der Waals surface area contributed by atoms with Crippen molar-refractivity contribution in [3.63, 3.8) is 0 Å². The molecule has 0 unspecified atom stereocenters. The van der Waals surface area contributed by atoms with Gasteiger partial charge in [0.15, 0.2) is 6.61 Å². The summed E-state index contributed by atoms with van der Waals surface area (Å²) < 4.78 is 43.5. The molecule has 3 rings (SSSR count). The van der Waals surface area contributed by atoms with Gasteiger partial charge in [-0.15, -0.1) is 0 Å². The first-order valence-corrected chi connectivity index (χ1v) is 10.6. The summed E-state index contributed by atoms with van der Waals surface area (Å²) in [7, 11) is 0. The van der Waals surface area contributed by atoms with Crippen molar-refractivity contribution in [3.05, 3.63) is 42.0 Å². The number of imide groups is 1. The van der Waals surface area contributed by atoms with Crippen LogP contribution in [0.25, 0.3) is 0 Å². The van der Waals surface area contributed by atoms with Crippen molar-refractivity contribution < 1.29 is 37.1 Å². The number of alkyl halides is 3. The zero-order valence-corrected chi connectivity index (χ0v) is 18.2. The van der Waals surface area contributed by atoms with Crippen LogP contribution in [-0.2, 0) is 30.1 Å². The lowest BCUT2D eigenvalue weighted by Gasteiger charge is -2.26. The van der Waals surface area contributed by atoms with Crippen LogP contribution in [0.1, 0.15) is 38.7 Å². The van der Waals surface area contributed by atoms with E-state index in [0.717, 1.165) is 23.1 Å². The van der Waals surface area contributed by atoms with Crippen LogP contribution in [0.4, 0.5) is 18.9 Å². The summed E-state index contributed by atoms with van der Waals surface area (Å²) in [6, 6.07) is 2.87. The van der Waals surface area contributed by atoms with Gasteiger partial charge in [-0.3, -0.25) is 19.3 Å². The number of carbonyl (C=O) groups is 4. The zero-order valence-electron chi connectivity index (χ0n) is 18.2. The number of esters is 1. The van der Waals surface area contributed by atoms with E-state index in [2.05, 4.69) is 5.32 Å². The highest BCUT2D eigenvalue weighted by Crippen LogP contribution is 2.37. The van der Waals surface area contributed by atoms with Crippen molar-refractivity contribution in [2.24, 2.45) is 17.8 Å². The molecule has 1 aliphatic heterocycles. The molecule has 1 N–H and O–H groups in total. The molecule has 3 amide bonds. The molecule has 2 aliphatic rings. The molecule has 0 saturated carbocycles. The monoisotopic (exact) mass is 466 g/mol. The minimum Gasteiger partial charge on any atom is -0.454 e. The van der Waals surface area contributed by atoms with Crippen molar-refractivity contribution in [2.45, 2.75) is 45.3 Å². The number of nitrogens with one attached hydrogen (secondary N) is 1. The van der Waals surface area contributed by atoms with Crippen molar-refractivity contribution >= 4 is 29.4 Å². The van der Waals surface area contributed by atoms with E-state index >= 15 is 0 Å². The fourth-order valence-electron chi connectivity index (χ4n) is 4.09. The Kier molecular flexibility index (Phi) is 7.24. The van der Waals surface area contributed by atoms with Crippen molar-refractivity contribution in [1.82, 2.24) is 4.90 Å². The van der Waals surface area contributed by atoms with E-state index in [1.807, 2.05) is 26.0 Å². The van der Waals surface area contributed by atoms with Gasteiger partial charge >= 0.3 is 12.1 Å². The predicted octanol–water partition coefficient (Wildman–Crippen LogP) is 3.55. The maximum absolute atomic E-state index is 12.9. The third kappa shape index (κ3) is 5.61. The fraction of sp³-hybridized carbons (Fsp3) is 0.478. The molecule has 10 heteroatoms. The van der Waals surface area contributed by atoms with Gasteiger partial charge in [0.2, 0.25) is 11.8 Å². The molecule has 0 radical (unpaired) electrons. The maximum atomic E-state index is 12.9. The lowest BCUT2D eigenvalue weighted by atomic mass is 9.85. The van der Waals surface area contributed by atoms with Crippen LogP contribution in [0.5, 0.6) is 0 Å². The first kappa shape index (κ1) is 24.5. The van der Waals surface area contributed by atoms with Crippen LogP contribution >= 0.6 is 0 Å². The number of likely N-dealkylation sites (tertiary alicyclic amines) is 1. The molecule has 1 heterocycles. The summed E-state index contributed by atoms with van der Waals surface area (Å²) in [5, 5.41) is 2.25. The number of halogens is 3. The average Bonchev–Trinajstić information content (AvgIpc) is 3.00. The van der Waals surface area contributed by atoms with Crippen molar-refractivity contribution in [2.75, 3.05) is 11.9 Å². The molecule has 0 bridgehead atoms. The molecule has 0 aromatic heterocycles. The van der Waals surface area contributed by atoms with Crippen LogP contribution in [-0.4, -0.2) is 41.2 Å². The standard InChI is InChI=1S/C23H25F3N2O5/c1-13(2)10-18(28-20(30)16-8-3-4-9-17(16)21(28)31)22(32)33-12-19(29)27-15-7-5-6-14(11-15)23(24,25)26/h3-7,11,13,16-18H,8-10,12H2,1-2H3,(H,27,29)/t16-,17-,18+/m0/s1. The highest BCUT2D eigenvalue weighted by atomic mass is 19.4. The lowest BCUT2D eigenvalue weighted by molar-refractivity contribution is -0.160. The number of fused-ring (bicyclic) bond motifs is 1. The van der Waals surface area contributed by atoms with E-state index in [-0.39, 0.29) is 18.0 Å². The number of rotatable bonds is 7. The Morgan fingerprint density at radius 1 is 1.12 bits per heavy atom. The molecule has 33 heavy (non-hydrogen) atoms. The van der Waals surface area contributed by atoms with Gasteiger partial charge in [-0.05, 0) is 43.4 Å². The third-order valence-electron chi connectivity index (χ3n) is 5.64. The Balaban J connectivity index is 1.66. The number of ether oxygens (including phenoxy) is 1. The van der Waals surface area contributed by atoms with E-state index < -0.39 is 59.9 Å². The Morgan fingerprint density at radius 2 is 1.73 bits per heavy atom. The number of nitrogens with zero attached hydrogens (tertiary/aromatic N) is 1. The summed E-state index contributed by atoms with van der Waals surface area (Å²) in [6.07, 6.45) is 0.119. The highest BCUT2D eigenvalue weighted by Gasteiger charge is 2.51. The van der Waals surface area contributed by atoms with Gasteiger partial charge in [0.05, 0.1) is 17.4 Å². The van der Waals surface area contributed by atoms with Crippen molar-refractivity contribution in [1.29, 1.82) is 0 Å². The lowest BCUT2D eigenvalue weighted by Crippen LogP contribution is -2.47. The molecular formula is C23H25F3N2O5. The third-order valence-corrected chi connectivity index (χ3v) is 5.64. The van der Waals surface area contributed by atoms with Gasteiger partial charge in [-0.25, -0.2) is 4.79 Å². The number of benzene rings is 1. The Morgan fingerprint density at radius 3 is 2.27 bits per heavy atom. The minimum absolute atomic E-state index is 0.0529. The number of carbonyl (C=O) groups excluding carboxylic acids is 4. The summed E-state index contributed by atoms with van der Waals surface area (Å²) in [6.45, 7) is 2.87. The number of amides is 3. The van der Waals surface area contributed by atoms with E-state index in [0.29, 0.717) is 12.8 Å². The van der Waals surface area contributed by atoms with Crippen LogP contribution in [0.2, 0.25) is 0 Å². The first-order valence-electron chi connectivity index (χ1n) is 10.6. The largest absolute Gasteiger partial charge is 0.454 e. The number of hydrogen-bond acceptors (Lipinski definition) is 5. The number of hydrogen-bond donors (Lipinski definition) is 1. The molecule has 1 saturated heterocycles. The second-order valence-electron chi connectivity index (χ2n) is 8.58. The summed E-state index contributed by atoms with van der Waals surface area (Å²) in [5.41, 5.74) is -1.04. The quantitative estimate of drug-likeness (QED) is 0.377. The molecule has 178 valence electrons. The average molecular weight is 466 g/mol. The van der Waals surface area contributed by atoms with E-state index in [9.17, 15) is 32.3 Å².